The molecule has 0 amide bonds. The van der Waals surface area contributed by atoms with Gasteiger partial charge in [-0.3, -0.25) is 9.36 Å². The van der Waals surface area contributed by atoms with Crippen LogP contribution in [-0.4, -0.2) is 20.2 Å². The minimum atomic E-state index is -3.04. The summed E-state index contributed by atoms with van der Waals surface area (Å²) < 4.78 is 27.3. The summed E-state index contributed by atoms with van der Waals surface area (Å²) in [6, 6.07) is 17.6. The van der Waals surface area contributed by atoms with E-state index >= 15 is 0 Å². The van der Waals surface area contributed by atoms with E-state index in [2.05, 4.69) is 0 Å². The second kappa shape index (κ2) is 11.0. The first kappa shape index (κ1) is 21.4. The number of carbonyl (C=O) groups excluding carboxylic acids is 1. The van der Waals surface area contributed by atoms with Crippen molar-refractivity contribution in [3.05, 3.63) is 71.3 Å². The number of hydrogen-bond donors (Lipinski definition) is 0. The van der Waals surface area contributed by atoms with Crippen molar-refractivity contribution in [2.45, 2.75) is 38.5 Å². The lowest BCUT2D eigenvalue weighted by atomic mass is 10.1. The van der Waals surface area contributed by atoms with E-state index in [1.165, 1.54) is 19.8 Å². The molecule has 0 saturated heterocycles. The summed E-state index contributed by atoms with van der Waals surface area (Å²) in [6.45, 7) is 0.327. The molecule has 0 aliphatic heterocycles. The van der Waals surface area contributed by atoms with Crippen LogP contribution in [0.1, 0.15) is 36.0 Å². The Bertz CT molecular complexity index is 735. The monoisotopic (exact) mass is 390 g/mol. The fourth-order valence-electron chi connectivity index (χ4n) is 2.65. The number of hydrogen-bond acceptors (Lipinski definition) is 5. The first-order valence-corrected chi connectivity index (χ1v) is 10.8. The lowest BCUT2D eigenvalue weighted by Crippen LogP contribution is -2.04. The van der Waals surface area contributed by atoms with Gasteiger partial charge < -0.3 is 13.8 Å². The maximum absolute atomic E-state index is 12.1. The van der Waals surface area contributed by atoms with Gasteiger partial charge in [0.15, 0.2) is 0 Å². The maximum atomic E-state index is 12.1. The van der Waals surface area contributed by atoms with E-state index in [4.69, 9.17) is 13.8 Å². The topological polar surface area (TPSA) is 61.8 Å². The molecule has 0 atom stereocenters. The molecule has 0 spiro atoms. The number of benzene rings is 2. The predicted octanol–water partition coefficient (Wildman–Crippen LogP) is 5.13. The molecule has 2 rings (SSSR count). The summed E-state index contributed by atoms with van der Waals surface area (Å²) in [4.78, 5) is 11.8. The van der Waals surface area contributed by atoms with Crippen LogP contribution in [0.5, 0.6) is 0 Å². The van der Waals surface area contributed by atoms with Crippen LogP contribution in [0, 0.1) is 0 Å². The van der Waals surface area contributed by atoms with Crippen molar-refractivity contribution in [2.24, 2.45) is 0 Å². The molecular formula is C21H27O5P. The van der Waals surface area contributed by atoms with E-state index in [9.17, 15) is 9.36 Å². The van der Waals surface area contributed by atoms with Crippen LogP contribution in [0.25, 0.3) is 0 Å². The molecule has 0 N–H and O–H groups in total. The molecule has 0 bridgehead atoms. The molecule has 5 nitrogen and oxygen atoms in total. The van der Waals surface area contributed by atoms with Crippen molar-refractivity contribution < 1.29 is 23.1 Å². The normalized spacial score (nSPS) is 11.3. The number of ether oxygens (including phenoxy) is 1. The van der Waals surface area contributed by atoms with Crippen LogP contribution in [0.3, 0.4) is 0 Å². The standard InChI is InChI=1S/C21H27O5P/c1-24-27(23,25-2)17-20-14-12-18(13-15-20)8-6-7-11-21(22)26-16-19-9-4-3-5-10-19/h3-5,9-10,12-15H,6-8,11,16-17H2,1-2H3. The van der Waals surface area contributed by atoms with E-state index in [0.29, 0.717) is 13.0 Å². The molecule has 0 aliphatic carbocycles. The Kier molecular flexibility index (Phi) is 8.73. The number of esters is 1. The highest BCUT2D eigenvalue weighted by atomic mass is 31.2. The fourth-order valence-corrected chi connectivity index (χ4v) is 3.71. The smallest absolute Gasteiger partial charge is 0.334 e. The summed E-state index contributed by atoms with van der Waals surface area (Å²) in [6.07, 6.45) is 3.27. The van der Waals surface area contributed by atoms with Gasteiger partial charge in [0.1, 0.15) is 6.61 Å². The predicted molar refractivity (Wildman–Crippen MR) is 106 cm³/mol. The molecule has 0 fully saturated rings. The molecule has 2 aromatic rings. The molecule has 2 aromatic carbocycles. The quantitative estimate of drug-likeness (QED) is 0.302. The van der Waals surface area contributed by atoms with Gasteiger partial charge in [0, 0.05) is 20.6 Å². The van der Waals surface area contributed by atoms with E-state index in [0.717, 1.165) is 30.4 Å². The van der Waals surface area contributed by atoms with Gasteiger partial charge in [0.05, 0.1) is 6.16 Å². The SMILES string of the molecule is COP(=O)(Cc1ccc(CCCCC(=O)OCc2ccccc2)cc1)OC. The van der Waals surface area contributed by atoms with Gasteiger partial charge in [0.25, 0.3) is 0 Å². The lowest BCUT2D eigenvalue weighted by Gasteiger charge is -2.13. The first-order chi connectivity index (χ1) is 13.0. The molecule has 0 radical (unpaired) electrons. The third-order valence-corrected chi connectivity index (χ3v) is 6.16. The average Bonchev–Trinajstić information content (AvgIpc) is 2.71. The summed E-state index contributed by atoms with van der Waals surface area (Å²) >= 11 is 0. The third kappa shape index (κ3) is 7.67. The molecule has 6 heteroatoms. The Balaban J connectivity index is 1.66. The van der Waals surface area contributed by atoms with Crippen LogP contribution in [-0.2, 0) is 42.3 Å². The van der Waals surface area contributed by atoms with Gasteiger partial charge in [-0.05, 0) is 36.0 Å². The Morgan fingerprint density at radius 3 is 2.11 bits per heavy atom. The molecule has 0 aliphatic rings. The largest absolute Gasteiger partial charge is 0.461 e. The summed E-state index contributed by atoms with van der Waals surface area (Å²) in [5, 5.41) is 0. The highest BCUT2D eigenvalue weighted by Gasteiger charge is 2.21. The van der Waals surface area contributed by atoms with Crippen LogP contribution < -0.4 is 0 Å². The number of unbranched alkanes of at least 4 members (excludes halogenated alkanes) is 1. The summed E-state index contributed by atoms with van der Waals surface area (Å²) in [7, 11) is -0.251. The van der Waals surface area contributed by atoms with Gasteiger partial charge in [0.2, 0.25) is 0 Å². The van der Waals surface area contributed by atoms with Gasteiger partial charge >= 0.3 is 13.6 Å². The average molecular weight is 390 g/mol. The Hall–Kier alpha value is -1.94. The molecule has 146 valence electrons. The Morgan fingerprint density at radius 1 is 0.852 bits per heavy atom. The van der Waals surface area contributed by atoms with Gasteiger partial charge in [-0.2, -0.15) is 0 Å². The van der Waals surface area contributed by atoms with Crippen molar-refractivity contribution in [1.82, 2.24) is 0 Å². The van der Waals surface area contributed by atoms with Crippen LogP contribution >= 0.6 is 7.60 Å². The van der Waals surface area contributed by atoms with E-state index in [1.807, 2.05) is 54.6 Å². The van der Waals surface area contributed by atoms with Crippen molar-refractivity contribution >= 4 is 13.6 Å². The molecule has 0 aromatic heterocycles. The fraction of sp³-hybridized carbons (Fsp3) is 0.381. The first-order valence-electron chi connectivity index (χ1n) is 9.02. The van der Waals surface area contributed by atoms with E-state index in [-0.39, 0.29) is 12.1 Å². The van der Waals surface area contributed by atoms with Crippen LogP contribution in [0.2, 0.25) is 0 Å². The highest BCUT2D eigenvalue weighted by molar-refractivity contribution is 7.52. The number of rotatable bonds is 11. The second-order valence-electron chi connectivity index (χ2n) is 6.30. The molecule has 27 heavy (non-hydrogen) atoms. The summed E-state index contributed by atoms with van der Waals surface area (Å²) in [5.74, 6) is -0.163. The van der Waals surface area contributed by atoms with Crippen LogP contribution in [0.15, 0.2) is 54.6 Å². The Labute approximate surface area is 161 Å². The van der Waals surface area contributed by atoms with Crippen molar-refractivity contribution in [3.63, 3.8) is 0 Å². The molecule has 0 saturated carbocycles. The van der Waals surface area contributed by atoms with E-state index in [1.54, 1.807) is 0 Å². The zero-order chi connectivity index (χ0) is 19.5. The molecule has 0 unspecified atom stereocenters. The zero-order valence-corrected chi connectivity index (χ0v) is 16.8. The molecular weight excluding hydrogens is 363 g/mol. The maximum Gasteiger partial charge on any atom is 0.334 e. The van der Waals surface area contributed by atoms with Gasteiger partial charge in [-0.15, -0.1) is 0 Å². The van der Waals surface area contributed by atoms with E-state index < -0.39 is 7.60 Å². The minimum absolute atomic E-state index is 0.163. The van der Waals surface area contributed by atoms with Crippen molar-refractivity contribution in [3.8, 4) is 0 Å². The third-order valence-electron chi connectivity index (χ3n) is 4.29. The number of aryl methyl sites for hydroxylation is 1. The van der Waals surface area contributed by atoms with Crippen molar-refractivity contribution in [2.75, 3.05) is 14.2 Å². The summed E-state index contributed by atoms with van der Waals surface area (Å²) in [5.41, 5.74) is 3.09. The Morgan fingerprint density at radius 2 is 1.48 bits per heavy atom. The lowest BCUT2D eigenvalue weighted by molar-refractivity contribution is -0.145. The van der Waals surface area contributed by atoms with Crippen molar-refractivity contribution in [1.29, 1.82) is 0 Å². The zero-order valence-electron chi connectivity index (χ0n) is 15.9. The number of carbonyl (C=O) groups is 1. The van der Waals surface area contributed by atoms with Gasteiger partial charge in [-0.1, -0.05) is 54.6 Å². The van der Waals surface area contributed by atoms with Gasteiger partial charge in [-0.25, -0.2) is 0 Å². The second-order valence-corrected chi connectivity index (χ2v) is 8.57. The highest BCUT2D eigenvalue weighted by Crippen LogP contribution is 2.49. The molecule has 0 heterocycles. The van der Waals surface area contributed by atoms with Crippen LogP contribution in [0.4, 0.5) is 0 Å². The minimum Gasteiger partial charge on any atom is -0.461 e.